The summed E-state index contributed by atoms with van der Waals surface area (Å²) in [4.78, 5) is 11.3. The second kappa shape index (κ2) is 9.70. The summed E-state index contributed by atoms with van der Waals surface area (Å²) in [6.07, 6.45) is 0. The number of anilines is 1. The molecule has 0 aliphatic carbocycles. The Labute approximate surface area is 200 Å². The normalized spacial score (nSPS) is 10.8. The lowest BCUT2D eigenvalue weighted by molar-refractivity contribution is 0.0697. The molecule has 0 amide bonds. The average molecular weight is 487 g/mol. The van der Waals surface area contributed by atoms with Crippen LogP contribution >= 0.6 is 34.8 Å². The fraction of sp³-hybridized carbons (Fsp3) is 0.0800. The molecule has 4 aromatic carbocycles. The van der Waals surface area contributed by atoms with E-state index in [2.05, 4.69) is 5.32 Å². The number of rotatable bonds is 7. The van der Waals surface area contributed by atoms with Crippen LogP contribution in [0.25, 0.3) is 10.8 Å². The van der Waals surface area contributed by atoms with Gasteiger partial charge in [0.05, 0.1) is 26.3 Å². The minimum absolute atomic E-state index is 0.158. The Morgan fingerprint density at radius 1 is 0.875 bits per heavy atom. The number of carboxylic acids is 1. The SMILES string of the molecule is O=C(O)c1ccc(Cl)c(NCc2c(OCc3ccc(Cl)c(Cl)c3)ccc3ccccc23)c1. The van der Waals surface area contributed by atoms with Gasteiger partial charge in [-0.15, -0.1) is 0 Å². The van der Waals surface area contributed by atoms with Gasteiger partial charge in [-0.05, 0) is 52.7 Å². The summed E-state index contributed by atoms with van der Waals surface area (Å²) in [6, 6.07) is 21.9. The van der Waals surface area contributed by atoms with Crippen molar-refractivity contribution in [1.29, 1.82) is 0 Å². The van der Waals surface area contributed by atoms with Gasteiger partial charge < -0.3 is 15.2 Å². The summed E-state index contributed by atoms with van der Waals surface area (Å²) in [7, 11) is 0. The number of carbonyl (C=O) groups is 1. The average Bonchev–Trinajstić information content (AvgIpc) is 2.79. The standard InChI is InChI=1S/C25H18Cl3NO3/c26-20-8-5-15(11-22(20)28)14-32-24-10-7-16-3-1-2-4-18(16)19(24)13-29-23-12-17(25(30)31)6-9-21(23)27/h1-12,29H,13-14H2,(H,30,31). The molecular formula is C25H18Cl3NO3. The van der Waals surface area contributed by atoms with Gasteiger partial charge in [-0.3, -0.25) is 0 Å². The molecule has 0 saturated heterocycles. The molecule has 0 bridgehead atoms. The Hall–Kier alpha value is -2.92. The summed E-state index contributed by atoms with van der Waals surface area (Å²) >= 11 is 18.4. The molecule has 7 heteroatoms. The molecule has 2 N–H and O–H groups in total. The fourth-order valence-corrected chi connectivity index (χ4v) is 3.91. The van der Waals surface area contributed by atoms with E-state index in [1.165, 1.54) is 12.1 Å². The highest BCUT2D eigenvalue weighted by molar-refractivity contribution is 6.42. The maximum Gasteiger partial charge on any atom is 0.335 e. The van der Waals surface area contributed by atoms with Crippen LogP contribution in [0.2, 0.25) is 15.1 Å². The molecule has 0 aliphatic heterocycles. The highest BCUT2D eigenvalue weighted by Gasteiger charge is 2.12. The Morgan fingerprint density at radius 3 is 2.44 bits per heavy atom. The Morgan fingerprint density at radius 2 is 1.66 bits per heavy atom. The quantitative estimate of drug-likeness (QED) is 0.281. The van der Waals surface area contributed by atoms with Gasteiger partial charge in [0.15, 0.2) is 0 Å². The van der Waals surface area contributed by atoms with E-state index in [0.29, 0.717) is 39.7 Å². The van der Waals surface area contributed by atoms with Gasteiger partial charge in [-0.1, -0.05) is 71.2 Å². The third-order valence-corrected chi connectivity index (χ3v) is 6.11. The molecule has 32 heavy (non-hydrogen) atoms. The van der Waals surface area contributed by atoms with Crippen LogP contribution in [0, 0.1) is 0 Å². The molecule has 4 rings (SSSR count). The second-order valence-corrected chi connectivity index (χ2v) is 8.38. The van der Waals surface area contributed by atoms with E-state index >= 15 is 0 Å². The number of hydrogen-bond acceptors (Lipinski definition) is 3. The van der Waals surface area contributed by atoms with E-state index in [9.17, 15) is 9.90 Å². The second-order valence-electron chi connectivity index (χ2n) is 7.15. The lowest BCUT2D eigenvalue weighted by Crippen LogP contribution is -2.06. The molecule has 0 spiro atoms. The van der Waals surface area contributed by atoms with Crippen molar-refractivity contribution in [3.8, 4) is 5.75 Å². The third-order valence-electron chi connectivity index (χ3n) is 5.04. The van der Waals surface area contributed by atoms with Crippen LogP contribution < -0.4 is 10.1 Å². The van der Waals surface area contributed by atoms with Crippen molar-refractivity contribution in [2.45, 2.75) is 13.2 Å². The maximum absolute atomic E-state index is 11.3. The summed E-state index contributed by atoms with van der Waals surface area (Å²) in [5.41, 5.74) is 2.52. The lowest BCUT2D eigenvalue weighted by atomic mass is 10.0. The topological polar surface area (TPSA) is 58.6 Å². The van der Waals surface area contributed by atoms with Gasteiger partial charge in [0, 0.05) is 12.1 Å². The van der Waals surface area contributed by atoms with Crippen LogP contribution in [0.5, 0.6) is 5.75 Å². The largest absolute Gasteiger partial charge is 0.489 e. The van der Waals surface area contributed by atoms with Crippen LogP contribution in [0.3, 0.4) is 0 Å². The number of benzene rings is 4. The number of ether oxygens (including phenoxy) is 1. The molecule has 4 nitrogen and oxygen atoms in total. The van der Waals surface area contributed by atoms with Gasteiger partial charge >= 0.3 is 5.97 Å². The minimum Gasteiger partial charge on any atom is -0.489 e. The summed E-state index contributed by atoms with van der Waals surface area (Å²) in [5, 5.41) is 16.0. The Bertz CT molecular complexity index is 1310. The molecule has 4 aromatic rings. The molecule has 0 atom stereocenters. The number of fused-ring (bicyclic) bond motifs is 1. The molecule has 0 heterocycles. The first kappa shape index (κ1) is 22.3. The van der Waals surface area contributed by atoms with Gasteiger partial charge in [-0.25, -0.2) is 4.79 Å². The van der Waals surface area contributed by atoms with E-state index in [1.807, 2.05) is 42.5 Å². The monoisotopic (exact) mass is 485 g/mol. The molecule has 162 valence electrons. The Balaban J connectivity index is 1.64. The zero-order chi connectivity index (χ0) is 22.7. The number of carboxylic acid groups (broad SMARTS) is 1. The maximum atomic E-state index is 11.3. The van der Waals surface area contributed by atoms with E-state index in [-0.39, 0.29) is 5.56 Å². The van der Waals surface area contributed by atoms with Gasteiger partial charge in [0.2, 0.25) is 0 Å². The van der Waals surface area contributed by atoms with Gasteiger partial charge in [-0.2, -0.15) is 0 Å². The summed E-state index contributed by atoms with van der Waals surface area (Å²) in [6.45, 7) is 0.707. The van der Waals surface area contributed by atoms with Gasteiger partial charge in [0.25, 0.3) is 0 Å². The van der Waals surface area contributed by atoms with Crippen molar-refractivity contribution in [2.75, 3.05) is 5.32 Å². The fourth-order valence-electron chi connectivity index (χ4n) is 3.40. The molecule has 0 saturated carbocycles. The van der Waals surface area contributed by atoms with Crippen molar-refractivity contribution >= 4 is 57.2 Å². The first-order valence-corrected chi connectivity index (χ1v) is 10.9. The van der Waals surface area contributed by atoms with Crippen molar-refractivity contribution in [1.82, 2.24) is 0 Å². The predicted octanol–water partition coefficient (Wildman–Crippen LogP) is 7.69. The molecule has 0 fully saturated rings. The highest BCUT2D eigenvalue weighted by Crippen LogP contribution is 2.32. The molecule has 0 unspecified atom stereocenters. The summed E-state index contributed by atoms with van der Waals surface area (Å²) < 4.78 is 6.14. The van der Waals surface area contributed by atoms with Crippen molar-refractivity contribution in [3.63, 3.8) is 0 Å². The first-order chi connectivity index (χ1) is 15.4. The summed E-state index contributed by atoms with van der Waals surface area (Å²) in [5.74, 6) is -0.312. The van der Waals surface area contributed by atoms with E-state index in [1.54, 1.807) is 18.2 Å². The molecule has 0 aromatic heterocycles. The van der Waals surface area contributed by atoms with Crippen LogP contribution in [0.15, 0.2) is 72.8 Å². The van der Waals surface area contributed by atoms with Crippen LogP contribution in [0.1, 0.15) is 21.5 Å². The van der Waals surface area contributed by atoms with Crippen LogP contribution in [-0.4, -0.2) is 11.1 Å². The zero-order valence-corrected chi connectivity index (χ0v) is 19.0. The van der Waals surface area contributed by atoms with Crippen molar-refractivity contribution in [2.24, 2.45) is 0 Å². The highest BCUT2D eigenvalue weighted by atomic mass is 35.5. The Kier molecular flexibility index (Phi) is 6.75. The van der Waals surface area contributed by atoms with E-state index in [0.717, 1.165) is 21.9 Å². The van der Waals surface area contributed by atoms with Crippen LogP contribution in [0.4, 0.5) is 5.69 Å². The van der Waals surface area contributed by atoms with Crippen molar-refractivity contribution in [3.05, 3.63) is 105 Å². The number of aromatic carboxylic acids is 1. The van der Waals surface area contributed by atoms with E-state index < -0.39 is 5.97 Å². The molecular weight excluding hydrogens is 469 g/mol. The predicted molar refractivity (Wildman–Crippen MR) is 130 cm³/mol. The zero-order valence-electron chi connectivity index (χ0n) is 16.7. The van der Waals surface area contributed by atoms with E-state index in [4.69, 9.17) is 39.5 Å². The van der Waals surface area contributed by atoms with Crippen LogP contribution in [-0.2, 0) is 13.2 Å². The first-order valence-electron chi connectivity index (χ1n) is 9.76. The van der Waals surface area contributed by atoms with Gasteiger partial charge in [0.1, 0.15) is 12.4 Å². The lowest BCUT2D eigenvalue weighted by Gasteiger charge is -2.17. The minimum atomic E-state index is -1.01. The molecule has 0 radical (unpaired) electrons. The number of nitrogens with one attached hydrogen (secondary N) is 1. The number of halogens is 3. The van der Waals surface area contributed by atoms with Crippen molar-refractivity contribution < 1.29 is 14.6 Å². The number of hydrogen-bond donors (Lipinski definition) is 2. The molecule has 0 aliphatic rings. The third kappa shape index (κ3) is 4.94. The smallest absolute Gasteiger partial charge is 0.335 e.